The molecule has 0 aliphatic carbocycles. The van der Waals surface area contributed by atoms with Crippen LogP contribution in [0.3, 0.4) is 0 Å². The fourth-order valence-electron chi connectivity index (χ4n) is 2.78. The quantitative estimate of drug-likeness (QED) is 0.767. The van der Waals surface area contributed by atoms with Crippen LogP contribution < -0.4 is 5.32 Å². The molecule has 0 atom stereocenters. The summed E-state index contributed by atoms with van der Waals surface area (Å²) in [7, 11) is 0. The third kappa shape index (κ3) is 3.68. The molecule has 0 fully saturated rings. The van der Waals surface area contributed by atoms with E-state index in [4.69, 9.17) is 4.42 Å². The van der Waals surface area contributed by atoms with Crippen molar-refractivity contribution in [1.29, 1.82) is 0 Å². The SMILES string of the molecule is CC(C)CNCc1oc2ccc(C(C)C)cc2c1C(C)C. The van der Waals surface area contributed by atoms with Crippen LogP contribution in [-0.2, 0) is 6.54 Å². The van der Waals surface area contributed by atoms with Crippen LogP contribution in [-0.4, -0.2) is 6.54 Å². The van der Waals surface area contributed by atoms with Gasteiger partial charge >= 0.3 is 0 Å². The summed E-state index contributed by atoms with van der Waals surface area (Å²) in [6.45, 7) is 15.3. The van der Waals surface area contributed by atoms with Crippen LogP contribution in [0.25, 0.3) is 11.0 Å². The Hall–Kier alpha value is -1.28. The van der Waals surface area contributed by atoms with Crippen LogP contribution >= 0.6 is 0 Å². The Labute approximate surface area is 128 Å². The number of benzene rings is 1. The third-order valence-corrected chi connectivity index (χ3v) is 3.91. The molecule has 0 spiro atoms. The zero-order valence-corrected chi connectivity index (χ0v) is 14.3. The summed E-state index contributed by atoms with van der Waals surface area (Å²) in [5.74, 6) is 2.78. The summed E-state index contributed by atoms with van der Waals surface area (Å²) >= 11 is 0. The van der Waals surface area contributed by atoms with E-state index in [-0.39, 0.29) is 0 Å². The molecule has 0 amide bonds. The zero-order valence-electron chi connectivity index (χ0n) is 14.3. The molecule has 2 nitrogen and oxygen atoms in total. The summed E-state index contributed by atoms with van der Waals surface area (Å²) in [5.41, 5.74) is 3.76. The van der Waals surface area contributed by atoms with E-state index >= 15 is 0 Å². The van der Waals surface area contributed by atoms with Gasteiger partial charge < -0.3 is 9.73 Å². The maximum atomic E-state index is 6.11. The Bertz CT molecular complexity index is 593. The van der Waals surface area contributed by atoms with Crippen molar-refractivity contribution < 1.29 is 4.42 Å². The Kier molecular flexibility index (Phi) is 5.10. The minimum absolute atomic E-state index is 0.476. The fraction of sp³-hybridized carbons (Fsp3) is 0.579. The second-order valence-electron chi connectivity index (χ2n) is 7.03. The van der Waals surface area contributed by atoms with Crippen molar-refractivity contribution in [3.05, 3.63) is 35.1 Å². The van der Waals surface area contributed by atoms with Gasteiger partial charge in [0.2, 0.25) is 0 Å². The highest BCUT2D eigenvalue weighted by Gasteiger charge is 2.17. The molecule has 2 aromatic rings. The van der Waals surface area contributed by atoms with Crippen molar-refractivity contribution in [3.8, 4) is 0 Å². The van der Waals surface area contributed by atoms with Gasteiger partial charge in [-0.15, -0.1) is 0 Å². The van der Waals surface area contributed by atoms with Gasteiger partial charge in [0.05, 0.1) is 6.54 Å². The van der Waals surface area contributed by atoms with E-state index in [1.807, 2.05) is 0 Å². The first-order valence-electron chi connectivity index (χ1n) is 8.16. The van der Waals surface area contributed by atoms with Crippen molar-refractivity contribution >= 4 is 11.0 Å². The van der Waals surface area contributed by atoms with Gasteiger partial charge in [-0.1, -0.05) is 47.6 Å². The standard InChI is InChI=1S/C19H29NO/c1-12(2)10-20-11-18-19(14(5)6)16-9-15(13(3)4)7-8-17(16)21-18/h7-9,12-14,20H,10-11H2,1-6H3. The van der Waals surface area contributed by atoms with Crippen molar-refractivity contribution in [1.82, 2.24) is 5.32 Å². The van der Waals surface area contributed by atoms with Crippen LogP contribution in [0.4, 0.5) is 0 Å². The Morgan fingerprint density at radius 2 is 1.71 bits per heavy atom. The maximum absolute atomic E-state index is 6.11. The molecule has 1 aromatic heterocycles. The zero-order chi connectivity index (χ0) is 15.6. The van der Waals surface area contributed by atoms with E-state index < -0.39 is 0 Å². The average Bonchev–Trinajstić information content (AvgIpc) is 2.75. The second kappa shape index (κ2) is 6.65. The van der Waals surface area contributed by atoms with Gasteiger partial charge in [0.15, 0.2) is 0 Å². The molecule has 1 aromatic carbocycles. The molecular weight excluding hydrogens is 258 g/mol. The van der Waals surface area contributed by atoms with E-state index in [2.05, 4.69) is 65.1 Å². The molecule has 1 heterocycles. The monoisotopic (exact) mass is 287 g/mol. The molecule has 0 unspecified atom stereocenters. The van der Waals surface area contributed by atoms with Gasteiger partial charge in [-0.05, 0) is 42.0 Å². The summed E-state index contributed by atoms with van der Waals surface area (Å²) in [6, 6.07) is 6.62. The molecule has 2 rings (SSSR count). The number of hydrogen-bond acceptors (Lipinski definition) is 2. The molecule has 0 bridgehead atoms. The molecule has 0 radical (unpaired) electrons. The normalized spacial score (nSPS) is 12.2. The molecule has 0 aliphatic rings. The Morgan fingerprint density at radius 3 is 2.29 bits per heavy atom. The first kappa shape index (κ1) is 16.1. The van der Waals surface area contributed by atoms with Crippen LogP contribution in [0.5, 0.6) is 0 Å². The lowest BCUT2D eigenvalue weighted by molar-refractivity contribution is 0.478. The maximum Gasteiger partial charge on any atom is 0.134 e. The van der Waals surface area contributed by atoms with E-state index in [9.17, 15) is 0 Å². The van der Waals surface area contributed by atoms with E-state index in [0.717, 1.165) is 24.4 Å². The smallest absolute Gasteiger partial charge is 0.134 e. The number of rotatable bonds is 6. The predicted molar refractivity (Wildman–Crippen MR) is 90.9 cm³/mol. The van der Waals surface area contributed by atoms with Crippen molar-refractivity contribution in [2.24, 2.45) is 5.92 Å². The van der Waals surface area contributed by atoms with Gasteiger partial charge in [-0.3, -0.25) is 0 Å². The lowest BCUT2D eigenvalue weighted by Crippen LogP contribution is -2.19. The highest BCUT2D eigenvalue weighted by atomic mass is 16.3. The van der Waals surface area contributed by atoms with Crippen LogP contribution in [0.15, 0.2) is 22.6 Å². The molecule has 2 heteroatoms. The topological polar surface area (TPSA) is 25.2 Å². The highest BCUT2D eigenvalue weighted by Crippen LogP contribution is 2.33. The molecular formula is C19H29NO. The van der Waals surface area contributed by atoms with E-state index in [1.54, 1.807) is 0 Å². The Balaban J connectivity index is 2.38. The number of fused-ring (bicyclic) bond motifs is 1. The van der Waals surface area contributed by atoms with Crippen LogP contribution in [0.2, 0.25) is 0 Å². The molecule has 116 valence electrons. The third-order valence-electron chi connectivity index (χ3n) is 3.91. The molecule has 21 heavy (non-hydrogen) atoms. The van der Waals surface area contributed by atoms with Crippen molar-refractivity contribution in [2.45, 2.75) is 59.9 Å². The largest absolute Gasteiger partial charge is 0.459 e. The highest BCUT2D eigenvalue weighted by molar-refractivity contribution is 5.83. The Morgan fingerprint density at radius 1 is 1.00 bits per heavy atom. The minimum atomic E-state index is 0.476. The van der Waals surface area contributed by atoms with Crippen LogP contribution in [0, 0.1) is 5.92 Å². The van der Waals surface area contributed by atoms with E-state index in [1.165, 1.54) is 16.5 Å². The van der Waals surface area contributed by atoms with Gasteiger partial charge in [0.25, 0.3) is 0 Å². The number of furan rings is 1. The van der Waals surface area contributed by atoms with Gasteiger partial charge in [-0.25, -0.2) is 0 Å². The van der Waals surface area contributed by atoms with Gasteiger partial charge in [0, 0.05) is 10.9 Å². The second-order valence-corrected chi connectivity index (χ2v) is 7.03. The number of hydrogen-bond donors (Lipinski definition) is 1. The van der Waals surface area contributed by atoms with Crippen LogP contribution in [0.1, 0.15) is 70.3 Å². The summed E-state index contributed by atoms with van der Waals surface area (Å²) in [5, 5.41) is 4.79. The fourth-order valence-corrected chi connectivity index (χ4v) is 2.78. The van der Waals surface area contributed by atoms with Crippen molar-refractivity contribution in [2.75, 3.05) is 6.54 Å². The lowest BCUT2D eigenvalue weighted by atomic mass is 9.95. The van der Waals surface area contributed by atoms with Gasteiger partial charge in [-0.2, -0.15) is 0 Å². The molecule has 0 saturated carbocycles. The summed E-state index contributed by atoms with van der Waals surface area (Å²) in [6.07, 6.45) is 0. The first-order valence-corrected chi connectivity index (χ1v) is 8.16. The van der Waals surface area contributed by atoms with Crippen molar-refractivity contribution in [3.63, 3.8) is 0 Å². The van der Waals surface area contributed by atoms with E-state index in [0.29, 0.717) is 17.8 Å². The molecule has 0 saturated heterocycles. The number of nitrogens with one attached hydrogen (secondary N) is 1. The molecule has 0 aliphatic heterocycles. The van der Waals surface area contributed by atoms with Gasteiger partial charge in [0.1, 0.15) is 11.3 Å². The lowest BCUT2D eigenvalue weighted by Gasteiger charge is -2.10. The predicted octanol–water partition coefficient (Wildman–Crippen LogP) is 5.43. The minimum Gasteiger partial charge on any atom is -0.459 e. The first-order chi connectivity index (χ1) is 9.90. The summed E-state index contributed by atoms with van der Waals surface area (Å²) < 4.78 is 6.11. The average molecular weight is 287 g/mol. The summed E-state index contributed by atoms with van der Waals surface area (Å²) in [4.78, 5) is 0. The molecule has 1 N–H and O–H groups in total.